The van der Waals surface area contributed by atoms with Crippen LogP contribution in [0.15, 0.2) is 64.2 Å². The Morgan fingerprint density at radius 1 is 1.18 bits per heavy atom. The number of pyridine rings is 1. The fourth-order valence-electron chi connectivity index (χ4n) is 4.11. The van der Waals surface area contributed by atoms with Crippen molar-refractivity contribution in [3.8, 4) is 5.88 Å². The molecule has 0 radical (unpaired) electrons. The van der Waals surface area contributed by atoms with E-state index in [1.54, 1.807) is 12.1 Å². The van der Waals surface area contributed by atoms with Gasteiger partial charge in [-0.2, -0.15) is 11.3 Å². The van der Waals surface area contributed by atoms with Crippen molar-refractivity contribution >= 4 is 46.4 Å². The van der Waals surface area contributed by atoms with Crippen LogP contribution in [0.5, 0.6) is 5.88 Å². The monoisotopic (exact) mass is 514 g/mol. The molecule has 0 aliphatic carbocycles. The quantitative estimate of drug-likeness (QED) is 0.439. The summed E-state index contributed by atoms with van der Waals surface area (Å²) in [6, 6.07) is 14.6. The number of rotatable bonds is 8. The third-order valence-electron chi connectivity index (χ3n) is 6.05. The number of benzene rings is 1. The van der Waals surface area contributed by atoms with Gasteiger partial charge < -0.3 is 14.8 Å². The summed E-state index contributed by atoms with van der Waals surface area (Å²) < 4.78 is 11.1. The van der Waals surface area contributed by atoms with E-state index in [4.69, 9.17) is 26.1 Å². The smallest absolute Gasteiger partial charge is 0.242 e. The van der Waals surface area contributed by atoms with Crippen LogP contribution in [0.1, 0.15) is 24.1 Å². The molecule has 5 rings (SSSR count). The average molecular weight is 515 g/mol. The van der Waals surface area contributed by atoms with Crippen LogP contribution in [-0.2, 0) is 19.9 Å². The van der Waals surface area contributed by atoms with E-state index in [2.05, 4.69) is 5.32 Å². The first-order valence-electron chi connectivity index (χ1n) is 11.0. The molecule has 2 aromatic heterocycles. The number of carbonyl (C=O) groups excluding carboxylic acids is 2. The Balaban J connectivity index is 1.40. The fourth-order valence-corrected chi connectivity index (χ4v) is 6.08. The van der Waals surface area contributed by atoms with Crippen LogP contribution in [0.3, 0.4) is 0 Å². The lowest BCUT2D eigenvalue weighted by Crippen LogP contribution is -2.58. The molecule has 0 bridgehead atoms. The minimum Gasteiger partial charge on any atom is -0.478 e. The number of thiophene rings is 1. The molecule has 2 atom stereocenters. The number of ketones is 1. The lowest BCUT2D eigenvalue weighted by Gasteiger charge is -2.39. The third kappa shape index (κ3) is 4.73. The molecule has 2 aliphatic heterocycles. The molecule has 6 nitrogen and oxygen atoms in total. The second-order valence-electron chi connectivity index (χ2n) is 8.38. The summed E-state index contributed by atoms with van der Waals surface area (Å²) in [5, 5.41) is 6.65. The third-order valence-corrected chi connectivity index (χ3v) is 8.49. The van der Waals surface area contributed by atoms with Gasteiger partial charge in [-0.1, -0.05) is 29.8 Å². The molecule has 1 amide bonds. The van der Waals surface area contributed by atoms with Gasteiger partial charge in [-0.25, -0.2) is 4.98 Å². The Morgan fingerprint density at radius 3 is 2.74 bits per heavy atom. The highest BCUT2D eigenvalue weighted by Gasteiger charge is 2.48. The first-order valence-corrected chi connectivity index (χ1v) is 13.2. The highest BCUT2D eigenvalue weighted by atomic mass is 35.5. The van der Waals surface area contributed by atoms with Crippen molar-refractivity contribution in [1.29, 1.82) is 0 Å². The van der Waals surface area contributed by atoms with Gasteiger partial charge in [0.2, 0.25) is 11.8 Å². The van der Waals surface area contributed by atoms with Crippen molar-refractivity contribution in [1.82, 2.24) is 10.3 Å². The fraction of sp³-hybridized carbons (Fsp3) is 0.320. The zero-order chi connectivity index (χ0) is 23.5. The molecule has 0 spiro atoms. The Kier molecular flexibility index (Phi) is 6.92. The van der Waals surface area contributed by atoms with Gasteiger partial charge in [0.1, 0.15) is 10.8 Å². The number of piperidine rings is 1. The molecule has 1 aromatic carbocycles. The largest absolute Gasteiger partial charge is 0.478 e. The molecule has 2 unspecified atom stereocenters. The van der Waals surface area contributed by atoms with E-state index in [0.717, 1.165) is 25.2 Å². The van der Waals surface area contributed by atoms with Crippen molar-refractivity contribution in [2.75, 3.05) is 19.8 Å². The SMILES string of the molecule is O=C1CC(c2ccsc2)(c2cccc(OCCC3COC3)n2)NC(=O)C1Sc1ccccc1Cl. The van der Waals surface area contributed by atoms with Crippen LogP contribution in [0.2, 0.25) is 5.02 Å². The molecule has 176 valence electrons. The molecule has 3 aromatic rings. The van der Waals surface area contributed by atoms with Crippen LogP contribution in [0.25, 0.3) is 0 Å². The van der Waals surface area contributed by atoms with E-state index < -0.39 is 10.8 Å². The number of ether oxygens (including phenoxy) is 2. The summed E-state index contributed by atoms with van der Waals surface area (Å²) in [6.07, 6.45) is 0.991. The molecule has 2 aliphatic rings. The van der Waals surface area contributed by atoms with Crippen molar-refractivity contribution in [3.05, 3.63) is 75.6 Å². The predicted octanol–water partition coefficient (Wildman–Crippen LogP) is 4.71. The minimum absolute atomic E-state index is 0.0907. The van der Waals surface area contributed by atoms with Gasteiger partial charge in [-0.3, -0.25) is 9.59 Å². The van der Waals surface area contributed by atoms with E-state index in [-0.39, 0.29) is 18.1 Å². The zero-order valence-corrected chi connectivity index (χ0v) is 20.6. The second-order valence-corrected chi connectivity index (χ2v) is 10.7. The van der Waals surface area contributed by atoms with Gasteiger partial charge >= 0.3 is 0 Å². The standard InChI is InChI=1S/C25H23ClN2O4S2/c26-18-4-1-2-5-20(18)34-23-19(29)12-25(28-24(23)30,17-9-11-33-15-17)21-6-3-7-22(27-21)32-10-8-16-13-31-14-16/h1-7,9,11,15-16,23H,8,10,12-14H2,(H,28,30). The molecule has 2 saturated heterocycles. The average Bonchev–Trinajstić information content (AvgIpc) is 3.35. The number of carbonyl (C=O) groups is 2. The molecule has 9 heteroatoms. The molecule has 2 fully saturated rings. The molecule has 34 heavy (non-hydrogen) atoms. The summed E-state index contributed by atoms with van der Waals surface area (Å²) >= 11 is 8.96. The van der Waals surface area contributed by atoms with Gasteiger partial charge in [0.05, 0.1) is 30.5 Å². The maximum absolute atomic E-state index is 13.4. The van der Waals surface area contributed by atoms with Crippen LogP contribution in [-0.4, -0.2) is 41.7 Å². The minimum atomic E-state index is -1.05. The Bertz CT molecular complexity index is 1170. The normalized spacial score (nSPS) is 22.8. The summed E-state index contributed by atoms with van der Waals surface area (Å²) in [6.45, 7) is 2.09. The summed E-state index contributed by atoms with van der Waals surface area (Å²) in [4.78, 5) is 32.1. The van der Waals surface area contributed by atoms with Crippen LogP contribution >= 0.6 is 34.7 Å². The van der Waals surface area contributed by atoms with Gasteiger partial charge in [-0.15, -0.1) is 11.8 Å². The molecule has 0 saturated carbocycles. The highest BCUT2D eigenvalue weighted by molar-refractivity contribution is 8.01. The van der Waals surface area contributed by atoms with E-state index in [1.807, 2.05) is 47.2 Å². The van der Waals surface area contributed by atoms with Gasteiger partial charge in [0, 0.05) is 23.3 Å². The molecular formula is C25H23ClN2O4S2. The molecular weight excluding hydrogens is 492 g/mol. The second kappa shape index (κ2) is 10.1. The van der Waals surface area contributed by atoms with E-state index in [1.165, 1.54) is 23.1 Å². The van der Waals surface area contributed by atoms with Gasteiger partial charge in [0.25, 0.3) is 0 Å². The number of nitrogens with one attached hydrogen (secondary N) is 1. The Labute approximate surface area is 211 Å². The number of hydrogen-bond donors (Lipinski definition) is 1. The lowest BCUT2D eigenvalue weighted by atomic mass is 9.79. The number of nitrogens with zero attached hydrogens (tertiary/aromatic N) is 1. The number of Topliss-reactive ketones (excluding diaryl/α,β-unsaturated/α-hetero) is 1. The first-order chi connectivity index (χ1) is 16.5. The van der Waals surface area contributed by atoms with Crippen molar-refractivity contribution in [2.45, 2.75) is 28.5 Å². The summed E-state index contributed by atoms with van der Waals surface area (Å²) in [5.74, 6) is 0.480. The summed E-state index contributed by atoms with van der Waals surface area (Å²) in [7, 11) is 0. The van der Waals surface area contributed by atoms with Gasteiger partial charge in [-0.05, 0) is 47.0 Å². The number of hydrogen-bond acceptors (Lipinski definition) is 7. The number of thioether (sulfide) groups is 1. The van der Waals surface area contributed by atoms with E-state index in [0.29, 0.717) is 34.0 Å². The maximum atomic E-state index is 13.4. The van der Waals surface area contributed by atoms with Crippen LogP contribution in [0.4, 0.5) is 0 Å². The number of halogens is 1. The maximum Gasteiger partial charge on any atom is 0.242 e. The van der Waals surface area contributed by atoms with Crippen molar-refractivity contribution in [2.24, 2.45) is 5.92 Å². The number of amides is 1. The molecule has 1 N–H and O–H groups in total. The Hall–Kier alpha value is -2.39. The lowest BCUT2D eigenvalue weighted by molar-refractivity contribution is -0.133. The topological polar surface area (TPSA) is 77.5 Å². The van der Waals surface area contributed by atoms with E-state index >= 15 is 0 Å². The zero-order valence-electron chi connectivity index (χ0n) is 18.2. The predicted molar refractivity (Wildman–Crippen MR) is 133 cm³/mol. The first kappa shape index (κ1) is 23.4. The van der Waals surface area contributed by atoms with Gasteiger partial charge in [0.15, 0.2) is 5.78 Å². The van der Waals surface area contributed by atoms with Crippen LogP contribution < -0.4 is 10.1 Å². The Morgan fingerprint density at radius 2 is 2.03 bits per heavy atom. The van der Waals surface area contributed by atoms with Crippen LogP contribution in [0, 0.1) is 5.92 Å². The highest BCUT2D eigenvalue weighted by Crippen LogP contribution is 2.41. The number of aromatic nitrogens is 1. The van der Waals surface area contributed by atoms with Crippen molar-refractivity contribution in [3.63, 3.8) is 0 Å². The molecule has 4 heterocycles. The van der Waals surface area contributed by atoms with Crippen molar-refractivity contribution < 1.29 is 19.1 Å². The summed E-state index contributed by atoms with van der Waals surface area (Å²) in [5.41, 5.74) is 0.363. The van der Waals surface area contributed by atoms with E-state index in [9.17, 15) is 9.59 Å².